The van der Waals surface area contributed by atoms with Crippen LogP contribution in [-0.2, 0) is 0 Å². The lowest BCUT2D eigenvalue weighted by atomic mass is 9.84. The molecule has 3 fully saturated rings. The highest BCUT2D eigenvalue weighted by Gasteiger charge is 2.35. The van der Waals surface area contributed by atoms with Gasteiger partial charge in [-0.1, -0.05) is 6.07 Å². The third-order valence-electron chi connectivity index (χ3n) is 4.31. The number of amides is 1. The third kappa shape index (κ3) is 2.77. The SMILES string of the molecule is CCNc1cccc(C(=O)NC2CN3CCC2CC3)n1. The lowest BCUT2D eigenvalue weighted by Crippen LogP contribution is -2.57. The minimum absolute atomic E-state index is 0.0523. The smallest absolute Gasteiger partial charge is 0.270 e. The molecule has 2 N–H and O–H groups in total. The van der Waals surface area contributed by atoms with Crippen molar-refractivity contribution < 1.29 is 4.79 Å². The Labute approximate surface area is 119 Å². The quantitative estimate of drug-likeness (QED) is 0.870. The van der Waals surface area contributed by atoms with Gasteiger partial charge in [0.2, 0.25) is 0 Å². The van der Waals surface area contributed by atoms with Crippen molar-refractivity contribution >= 4 is 11.7 Å². The number of fused-ring (bicyclic) bond motifs is 3. The number of carbonyl (C=O) groups is 1. The molecule has 1 aromatic heterocycles. The van der Waals surface area contributed by atoms with Crippen molar-refractivity contribution in [3.8, 4) is 0 Å². The molecule has 20 heavy (non-hydrogen) atoms. The van der Waals surface area contributed by atoms with Gasteiger partial charge < -0.3 is 15.5 Å². The van der Waals surface area contributed by atoms with E-state index in [1.165, 1.54) is 25.9 Å². The summed E-state index contributed by atoms with van der Waals surface area (Å²) in [7, 11) is 0. The maximum absolute atomic E-state index is 12.3. The Morgan fingerprint density at radius 1 is 1.40 bits per heavy atom. The van der Waals surface area contributed by atoms with Crippen molar-refractivity contribution in [2.45, 2.75) is 25.8 Å². The van der Waals surface area contributed by atoms with Crippen LogP contribution in [0.25, 0.3) is 0 Å². The van der Waals surface area contributed by atoms with Crippen molar-refractivity contribution in [1.82, 2.24) is 15.2 Å². The maximum Gasteiger partial charge on any atom is 0.270 e. The fourth-order valence-electron chi connectivity index (χ4n) is 3.21. The third-order valence-corrected chi connectivity index (χ3v) is 4.31. The van der Waals surface area contributed by atoms with Crippen molar-refractivity contribution in [1.29, 1.82) is 0 Å². The zero-order valence-electron chi connectivity index (χ0n) is 11.9. The van der Waals surface area contributed by atoms with Gasteiger partial charge in [-0.25, -0.2) is 4.98 Å². The molecule has 3 saturated heterocycles. The Hall–Kier alpha value is -1.62. The number of anilines is 1. The van der Waals surface area contributed by atoms with Gasteiger partial charge in [0.05, 0.1) is 0 Å². The van der Waals surface area contributed by atoms with Crippen molar-refractivity contribution in [2.75, 3.05) is 31.5 Å². The largest absolute Gasteiger partial charge is 0.370 e. The summed E-state index contributed by atoms with van der Waals surface area (Å²) in [6.45, 7) is 6.18. The lowest BCUT2D eigenvalue weighted by Gasteiger charge is -2.44. The molecule has 3 aliphatic rings. The summed E-state index contributed by atoms with van der Waals surface area (Å²) in [5.74, 6) is 1.35. The van der Waals surface area contributed by atoms with E-state index in [4.69, 9.17) is 0 Å². The monoisotopic (exact) mass is 274 g/mol. The molecule has 1 atom stereocenters. The van der Waals surface area contributed by atoms with Gasteiger partial charge in [0.1, 0.15) is 11.5 Å². The molecule has 0 radical (unpaired) electrons. The van der Waals surface area contributed by atoms with E-state index in [1.54, 1.807) is 6.07 Å². The average molecular weight is 274 g/mol. The minimum atomic E-state index is -0.0523. The first kappa shape index (κ1) is 13.4. The number of pyridine rings is 1. The minimum Gasteiger partial charge on any atom is -0.370 e. The molecular formula is C15H22N4O. The van der Waals surface area contributed by atoms with E-state index in [-0.39, 0.29) is 11.9 Å². The predicted octanol–water partition coefficient (Wildman–Crippen LogP) is 1.34. The van der Waals surface area contributed by atoms with Gasteiger partial charge in [-0.15, -0.1) is 0 Å². The van der Waals surface area contributed by atoms with Crippen LogP contribution in [-0.4, -0.2) is 48.0 Å². The summed E-state index contributed by atoms with van der Waals surface area (Å²) in [5.41, 5.74) is 0.500. The molecular weight excluding hydrogens is 252 g/mol. The molecule has 0 aromatic carbocycles. The Bertz CT molecular complexity index is 483. The van der Waals surface area contributed by atoms with Gasteiger partial charge in [-0.3, -0.25) is 4.79 Å². The van der Waals surface area contributed by atoms with Crippen molar-refractivity contribution in [2.24, 2.45) is 5.92 Å². The fourth-order valence-corrected chi connectivity index (χ4v) is 3.21. The highest BCUT2D eigenvalue weighted by Crippen LogP contribution is 2.27. The van der Waals surface area contributed by atoms with Crippen LogP contribution in [0.15, 0.2) is 18.2 Å². The number of piperidine rings is 3. The fraction of sp³-hybridized carbons (Fsp3) is 0.600. The topological polar surface area (TPSA) is 57.3 Å². The molecule has 2 bridgehead atoms. The van der Waals surface area contributed by atoms with Crippen LogP contribution in [0.5, 0.6) is 0 Å². The highest BCUT2D eigenvalue weighted by molar-refractivity contribution is 5.92. The Morgan fingerprint density at radius 3 is 2.85 bits per heavy atom. The number of aromatic nitrogens is 1. The van der Waals surface area contributed by atoms with Crippen molar-refractivity contribution in [3.05, 3.63) is 23.9 Å². The summed E-state index contributed by atoms with van der Waals surface area (Å²) < 4.78 is 0. The highest BCUT2D eigenvalue weighted by atomic mass is 16.2. The van der Waals surface area contributed by atoms with Gasteiger partial charge in [-0.05, 0) is 50.9 Å². The first-order chi connectivity index (χ1) is 9.76. The van der Waals surface area contributed by atoms with Crippen LogP contribution in [0.1, 0.15) is 30.3 Å². The standard InChI is InChI=1S/C15H22N4O/c1-2-16-14-5-3-4-12(17-14)15(20)18-13-10-19-8-6-11(13)7-9-19/h3-5,11,13H,2,6-10H2,1H3,(H,16,17)(H,18,20). The Kier molecular flexibility index (Phi) is 3.87. The zero-order valence-corrected chi connectivity index (χ0v) is 11.9. The van der Waals surface area contributed by atoms with E-state index < -0.39 is 0 Å². The average Bonchev–Trinajstić information content (AvgIpc) is 2.49. The van der Waals surface area contributed by atoms with E-state index in [0.29, 0.717) is 11.6 Å². The van der Waals surface area contributed by atoms with Crippen LogP contribution >= 0.6 is 0 Å². The normalized spacial score (nSPS) is 28.1. The van der Waals surface area contributed by atoms with Crippen LogP contribution in [0.2, 0.25) is 0 Å². The van der Waals surface area contributed by atoms with Gasteiger partial charge in [0, 0.05) is 19.1 Å². The number of nitrogens with one attached hydrogen (secondary N) is 2. The molecule has 0 saturated carbocycles. The molecule has 1 amide bonds. The molecule has 0 spiro atoms. The molecule has 5 nitrogen and oxygen atoms in total. The number of nitrogens with zero attached hydrogens (tertiary/aromatic N) is 2. The van der Waals surface area contributed by atoms with Gasteiger partial charge >= 0.3 is 0 Å². The summed E-state index contributed by atoms with van der Waals surface area (Å²) in [4.78, 5) is 19.1. The molecule has 4 heterocycles. The van der Waals surface area contributed by atoms with Gasteiger partial charge in [0.15, 0.2) is 0 Å². The van der Waals surface area contributed by atoms with E-state index >= 15 is 0 Å². The molecule has 1 aromatic rings. The second-order valence-electron chi connectivity index (χ2n) is 5.66. The van der Waals surface area contributed by atoms with Gasteiger partial charge in [-0.2, -0.15) is 0 Å². The zero-order chi connectivity index (χ0) is 13.9. The van der Waals surface area contributed by atoms with Crippen molar-refractivity contribution in [3.63, 3.8) is 0 Å². The number of hydrogen-bond acceptors (Lipinski definition) is 4. The summed E-state index contributed by atoms with van der Waals surface area (Å²) in [6.07, 6.45) is 2.41. The maximum atomic E-state index is 12.3. The first-order valence-electron chi connectivity index (χ1n) is 7.50. The predicted molar refractivity (Wildman–Crippen MR) is 78.8 cm³/mol. The van der Waals surface area contributed by atoms with Crippen LogP contribution in [0.4, 0.5) is 5.82 Å². The second kappa shape index (κ2) is 5.79. The van der Waals surface area contributed by atoms with E-state index in [2.05, 4.69) is 20.5 Å². The Balaban J connectivity index is 1.65. The molecule has 0 aliphatic carbocycles. The van der Waals surface area contributed by atoms with Gasteiger partial charge in [0.25, 0.3) is 5.91 Å². The summed E-state index contributed by atoms with van der Waals surface area (Å²) in [6, 6.07) is 5.82. The van der Waals surface area contributed by atoms with Crippen LogP contribution in [0, 0.1) is 5.92 Å². The summed E-state index contributed by atoms with van der Waals surface area (Å²) >= 11 is 0. The molecule has 1 unspecified atom stereocenters. The number of hydrogen-bond donors (Lipinski definition) is 2. The second-order valence-corrected chi connectivity index (χ2v) is 5.66. The van der Waals surface area contributed by atoms with E-state index in [9.17, 15) is 4.79 Å². The molecule has 4 rings (SSSR count). The first-order valence-corrected chi connectivity index (χ1v) is 7.50. The number of rotatable bonds is 4. The Morgan fingerprint density at radius 2 is 2.20 bits per heavy atom. The molecule has 3 aliphatic heterocycles. The molecule has 5 heteroatoms. The molecule has 108 valence electrons. The summed E-state index contributed by atoms with van der Waals surface area (Å²) in [5, 5.41) is 6.30. The van der Waals surface area contributed by atoms with E-state index in [0.717, 1.165) is 18.9 Å². The van der Waals surface area contributed by atoms with Crippen LogP contribution < -0.4 is 10.6 Å². The van der Waals surface area contributed by atoms with Crippen LogP contribution in [0.3, 0.4) is 0 Å². The lowest BCUT2D eigenvalue weighted by molar-refractivity contribution is 0.0618. The van der Waals surface area contributed by atoms with E-state index in [1.807, 2.05) is 19.1 Å². The number of carbonyl (C=O) groups excluding carboxylic acids is 1.